The SMILES string of the molecule is CC1(C)CCC(OCc2cccnc2N)CC1. The first-order valence-corrected chi connectivity index (χ1v) is 6.38. The van der Waals surface area contributed by atoms with Crippen molar-refractivity contribution >= 4 is 5.82 Å². The van der Waals surface area contributed by atoms with Crippen LogP contribution in [0.25, 0.3) is 0 Å². The quantitative estimate of drug-likeness (QED) is 0.874. The van der Waals surface area contributed by atoms with Gasteiger partial charge in [-0.3, -0.25) is 0 Å². The van der Waals surface area contributed by atoms with Crippen molar-refractivity contribution in [3.8, 4) is 0 Å². The number of hydrogen-bond acceptors (Lipinski definition) is 3. The van der Waals surface area contributed by atoms with Gasteiger partial charge in [0, 0.05) is 11.8 Å². The van der Waals surface area contributed by atoms with Crippen molar-refractivity contribution in [1.82, 2.24) is 4.98 Å². The average molecular weight is 234 g/mol. The van der Waals surface area contributed by atoms with Crippen LogP contribution in [0.15, 0.2) is 18.3 Å². The maximum Gasteiger partial charge on any atom is 0.128 e. The Labute approximate surface area is 103 Å². The topological polar surface area (TPSA) is 48.1 Å². The summed E-state index contributed by atoms with van der Waals surface area (Å²) < 4.78 is 5.92. The van der Waals surface area contributed by atoms with Crippen LogP contribution in [-0.4, -0.2) is 11.1 Å². The fourth-order valence-electron chi connectivity index (χ4n) is 2.32. The summed E-state index contributed by atoms with van der Waals surface area (Å²) in [6.45, 7) is 5.26. The van der Waals surface area contributed by atoms with Crippen LogP contribution in [0.3, 0.4) is 0 Å². The van der Waals surface area contributed by atoms with Crippen molar-refractivity contribution in [2.24, 2.45) is 5.41 Å². The number of pyridine rings is 1. The van der Waals surface area contributed by atoms with Gasteiger partial charge in [0.1, 0.15) is 5.82 Å². The predicted octanol–water partition coefficient (Wildman–Crippen LogP) is 3.15. The van der Waals surface area contributed by atoms with Crippen LogP contribution in [-0.2, 0) is 11.3 Å². The summed E-state index contributed by atoms with van der Waals surface area (Å²) in [6.07, 6.45) is 6.92. The Morgan fingerprint density at radius 1 is 1.41 bits per heavy atom. The number of rotatable bonds is 3. The van der Waals surface area contributed by atoms with E-state index in [9.17, 15) is 0 Å². The van der Waals surface area contributed by atoms with E-state index in [1.807, 2.05) is 12.1 Å². The molecule has 17 heavy (non-hydrogen) atoms. The Hall–Kier alpha value is -1.09. The predicted molar refractivity (Wildman–Crippen MR) is 69.5 cm³/mol. The van der Waals surface area contributed by atoms with Gasteiger partial charge in [-0.2, -0.15) is 0 Å². The second kappa shape index (κ2) is 5.05. The van der Waals surface area contributed by atoms with E-state index in [0.717, 1.165) is 18.4 Å². The van der Waals surface area contributed by atoms with E-state index >= 15 is 0 Å². The second-order valence-corrected chi connectivity index (χ2v) is 5.72. The third kappa shape index (κ3) is 3.43. The molecule has 0 amide bonds. The van der Waals surface area contributed by atoms with Crippen molar-refractivity contribution in [2.45, 2.75) is 52.2 Å². The number of nitrogens with zero attached hydrogens (tertiary/aromatic N) is 1. The molecule has 0 unspecified atom stereocenters. The van der Waals surface area contributed by atoms with Gasteiger partial charge in [-0.25, -0.2) is 4.98 Å². The number of nitrogens with two attached hydrogens (primary N) is 1. The highest BCUT2D eigenvalue weighted by molar-refractivity contribution is 5.37. The largest absolute Gasteiger partial charge is 0.383 e. The van der Waals surface area contributed by atoms with E-state index in [0.29, 0.717) is 23.9 Å². The van der Waals surface area contributed by atoms with Gasteiger partial charge < -0.3 is 10.5 Å². The maximum atomic E-state index is 5.92. The third-order valence-electron chi connectivity index (χ3n) is 3.69. The van der Waals surface area contributed by atoms with Crippen LogP contribution in [0.5, 0.6) is 0 Å². The highest BCUT2D eigenvalue weighted by Gasteiger charge is 2.27. The van der Waals surface area contributed by atoms with E-state index in [-0.39, 0.29) is 0 Å². The lowest BCUT2D eigenvalue weighted by Crippen LogP contribution is -2.26. The summed E-state index contributed by atoms with van der Waals surface area (Å²) >= 11 is 0. The van der Waals surface area contributed by atoms with Crippen LogP contribution >= 0.6 is 0 Å². The first-order valence-electron chi connectivity index (χ1n) is 6.38. The number of anilines is 1. The summed E-state index contributed by atoms with van der Waals surface area (Å²) in [6, 6.07) is 3.88. The highest BCUT2D eigenvalue weighted by Crippen LogP contribution is 2.36. The molecule has 2 rings (SSSR count). The minimum absolute atomic E-state index is 0.391. The Bertz CT molecular complexity index is 366. The monoisotopic (exact) mass is 234 g/mol. The van der Waals surface area contributed by atoms with Crippen molar-refractivity contribution in [2.75, 3.05) is 5.73 Å². The molecule has 0 atom stereocenters. The fourth-order valence-corrected chi connectivity index (χ4v) is 2.32. The molecule has 0 aliphatic heterocycles. The molecule has 0 aromatic carbocycles. The number of hydrogen-bond donors (Lipinski definition) is 1. The normalized spacial score (nSPS) is 20.4. The van der Waals surface area contributed by atoms with Crippen molar-refractivity contribution in [3.63, 3.8) is 0 Å². The Morgan fingerprint density at radius 2 is 2.12 bits per heavy atom. The maximum absolute atomic E-state index is 5.92. The summed E-state index contributed by atoms with van der Waals surface area (Å²) in [5.74, 6) is 0.587. The van der Waals surface area contributed by atoms with Crippen molar-refractivity contribution < 1.29 is 4.74 Å². The van der Waals surface area contributed by atoms with Gasteiger partial charge in [0.05, 0.1) is 12.7 Å². The molecule has 0 saturated heterocycles. The standard InChI is InChI=1S/C14H22N2O/c1-14(2)7-5-12(6-8-14)17-10-11-4-3-9-16-13(11)15/h3-4,9,12H,5-8,10H2,1-2H3,(H2,15,16). The molecule has 3 nitrogen and oxygen atoms in total. The number of ether oxygens (including phenoxy) is 1. The lowest BCUT2D eigenvalue weighted by molar-refractivity contribution is -0.00543. The van der Waals surface area contributed by atoms with E-state index < -0.39 is 0 Å². The third-order valence-corrected chi connectivity index (χ3v) is 3.69. The first kappa shape index (κ1) is 12.4. The van der Waals surface area contributed by atoms with Crippen molar-refractivity contribution in [1.29, 1.82) is 0 Å². The molecular formula is C14H22N2O. The highest BCUT2D eigenvalue weighted by atomic mass is 16.5. The molecule has 0 spiro atoms. The second-order valence-electron chi connectivity index (χ2n) is 5.72. The van der Waals surface area contributed by atoms with Crippen LogP contribution < -0.4 is 5.73 Å². The summed E-state index contributed by atoms with van der Waals surface area (Å²) in [5, 5.41) is 0. The zero-order chi connectivity index (χ0) is 12.3. The van der Waals surface area contributed by atoms with Gasteiger partial charge in [-0.15, -0.1) is 0 Å². The molecule has 1 aromatic heterocycles. The molecule has 3 heteroatoms. The molecule has 2 N–H and O–H groups in total. The Balaban J connectivity index is 1.82. The van der Waals surface area contributed by atoms with E-state index in [2.05, 4.69) is 18.8 Å². The van der Waals surface area contributed by atoms with Gasteiger partial charge in [-0.05, 0) is 37.2 Å². The lowest BCUT2D eigenvalue weighted by atomic mass is 9.76. The lowest BCUT2D eigenvalue weighted by Gasteiger charge is -2.34. The number of nitrogen functional groups attached to an aromatic ring is 1. The summed E-state index contributed by atoms with van der Waals surface area (Å²) in [7, 11) is 0. The van der Waals surface area contributed by atoms with Crippen LogP contribution in [0, 0.1) is 5.41 Å². The van der Waals surface area contributed by atoms with Gasteiger partial charge >= 0.3 is 0 Å². The summed E-state index contributed by atoms with van der Waals surface area (Å²) in [5.41, 5.74) is 7.28. The van der Waals surface area contributed by atoms with Gasteiger partial charge in [0.15, 0.2) is 0 Å². The Kier molecular flexibility index (Phi) is 3.67. The van der Waals surface area contributed by atoms with E-state index in [1.165, 1.54) is 12.8 Å². The zero-order valence-corrected chi connectivity index (χ0v) is 10.8. The molecule has 94 valence electrons. The van der Waals surface area contributed by atoms with Crippen LogP contribution in [0.1, 0.15) is 45.1 Å². The summed E-state index contributed by atoms with van der Waals surface area (Å²) in [4.78, 5) is 4.06. The molecule has 0 bridgehead atoms. The number of aromatic nitrogens is 1. The van der Waals surface area contributed by atoms with Gasteiger partial charge in [0.25, 0.3) is 0 Å². The van der Waals surface area contributed by atoms with Gasteiger partial charge in [-0.1, -0.05) is 19.9 Å². The van der Waals surface area contributed by atoms with Crippen LogP contribution in [0.4, 0.5) is 5.82 Å². The molecule has 1 aliphatic rings. The fraction of sp³-hybridized carbons (Fsp3) is 0.643. The molecule has 1 aromatic rings. The van der Waals surface area contributed by atoms with Gasteiger partial charge in [0.2, 0.25) is 0 Å². The van der Waals surface area contributed by atoms with E-state index in [1.54, 1.807) is 6.20 Å². The first-order chi connectivity index (χ1) is 8.07. The molecule has 1 saturated carbocycles. The van der Waals surface area contributed by atoms with Crippen molar-refractivity contribution in [3.05, 3.63) is 23.9 Å². The molecule has 1 aliphatic carbocycles. The average Bonchev–Trinajstić information content (AvgIpc) is 2.30. The Morgan fingerprint density at radius 3 is 2.76 bits per heavy atom. The van der Waals surface area contributed by atoms with Crippen LogP contribution in [0.2, 0.25) is 0 Å². The molecule has 1 fully saturated rings. The molecule has 1 heterocycles. The molecular weight excluding hydrogens is 212 g/mol. The van der Waals surface area contributed by atoms with E-state index in [4.69, 9.17) is 10.5 Å². The minimum atomic E-state index is 0.391. The smallest absolute Gasteiger partial charge is 0.128 e. The minimum Gasteiger partial charge on any atom is -0.383 e. The zero-order valence-electron chi connectivity index (χ0n) is 10.8. The molecule has 0 radical (unpaired) electrons.